The molecule has 3 aromatic heterocycles. The van der Waals surface area contributed by atoms with E-state index < -0.39 is 47.0 Å². The molecule has 0 unspecified atom stereocenters. The first-order chi connectivity index (χ1) is 24.5. The molecule has 12 nitrogen and oxygen atoms in total. The van der Waals surface area contributed by atoms with E-state index in [1.54, 1.807) is 46.0 Å². The number of aryl methyl sites for hydroxylation is 1. The number of amides is 1. The van der Waals surface area contributed by atoms with Crippen LogP contribution in [0.3, 0.4) is 0 Å². The van der Waals surface area contributed by atoms with Crippen LogP contribution in [0, 0.1) is 24.2 Å². The molecule has 1 atom stereocenters. The number of anilines is 2. The van der Waals surface area contributed by atoms with E-state index in [1.165, 1.54) is 23.2 Å². The number of aliphatic hydroxyl groups is 1. The van der Waals surface area contributed by atoms with Gasteiger partial charge in [-0.05, 0) is 121 Å². The van der Waals surface area contributed by atoms with Crippen LogP contribution in [0.15, 0.2) is 48.8 Å². The van der Waals surface area contributed by atoms with Gasteiger partial charge < -0.3 is 29.9 Å². The van der Waals surface area contributed by atoms with E-state index in [4.69, 9.17) is 9.47 Å². The normalized spacial score (nSPS) is 20.1. The molecule has 4 heterocycles. The van der Waals surface area contributed by atoms with E-state index >= 15 is 0 Å². The lowest BCUT2D eigenvalue weighted by Crippen LogP contribution is -2.50. The summed E-state index contributed by atoms with van der Waals surface area (Å²) in [7, 11) is 0. The van der Waals surface area contributed by atoms with Crippen molar-refractivity contribution in [2.45, 2.75) is 90.8 Å². The van der Waals surface area contributed by atoms with E-state index in [2.05, 4.69) is 20.3 Å². The summed E-state index contributed by atoms with van der Waals surface area (Å²) in [5.41, 5.74) is -0.722. The summed E-state index contributed by atoms with van der Waals surface area (Å²) in [6, 6.07) is 9.75. The van der Waals surface area contributed by atoms with Gasteiger partial charge in [0.05, 0.1) is 17.3 Å². The van der Waals surface area contributed by atoms with E-state index in [0.29, 0.717) is 48.5 Å². The minimum Gasteiger partial charge on any atom is -0.481 e. The van der Waals surface area contributed by atoms with Crippen LogP contribution < -0.4 is 5.32 Å². The molecule has 0 spiro atoms. The first kappa shape index (κ1) is 38.5. The number of carboxylic acids is 1. The molecule has 52 heavy (non-hydrogen) atoms. The number of nitrogens with one attached hydrogen (secondary N) is 1. The van der Waals surface area contributed by atoms with Gasteiger partial charge in [-0.25, -0.2) is 23.5 Å². The third-order valence-electron chi connectivity index (χ3n) is 10.0. The van der Waals surface area contributed by atoms with Gasteiger partial charge in [-0.15, -0.1) is 0 Å². The number of piperidine rings is 1. The highest BCUT2D eigenvalue weighted by molar-refractivity contribution is 5.77. The molecular weight excluding hydrogens is 676 g/mol. The predicted molar refractivity (Wildman–Crippen MR) is 188 cm³/mol. The van der Waals surface area contributed by atoms with Crippen molar-refractivity contribution in [2.75, 3.05) is 25.0 Å². The number of pyridine rings is 3. The molecule has 1 saturated carbocycles. The molecule has 3 N–H and O–H groups in total. The number of aliphatic carboxylic acids is 1. The van der Waals surface area contributed by atoms with Crippen LogP contribution in [0.4, 0.5) is 25.2 Å². The van der Waals surface area contributed by atoms with Gasteiger partial charge in [0, 0.05) is 36.6 Å². The largest absolute Gasteiger partial charge is 0.481 e. The molecule has 1 saturated heterocycles. The zero-order chi connectivity index (χ0) is 37.8. The van der Waals surface area contributed by atoms with Crippen molar-refractivity contribution < 1.29 is 42.9 Å². The minimum atomic E-state index is -2.62. The van der Waals surface area contributed by atoms with Gasteiger partial charge >= 0.3 is 18.0 Å². The van der Waals surface area contributed by atoms with Gasteiger partial charge in [-0.1, -0.05) is 0 Å². The summed E-state index contributed by atoms with van der Waals surface area (Å²) < 4.78 is 37.3. The molecule has 1 aliphatic carbocycles. The lowest BCUT2D eigenvalue weighted by Gasteiger charge is -2.39. The van der Waals surface area contributed by atoms with Crippen molar-refractivity contribution in [3.63, 3.8) is 0 Å². The third kappa shape index (κ3) is 9.19. The van der Waals surface area contributed by atoms with Gasteiger partial charge in [0.25, 0.3) is 6.43 Å². The number of hydrogen-bond acceptors (Lipinski definition) is 10. The molecule has 0 bridgehead atoms. The first-order valence-corrected chi connectivity index (χ1v) is 17.5. The molecular formula is C38H47F2N5O7. The Morgan fingerprint density at radius 1 is 1.00 bits per heavy atom. The highest BCUT2D eigenvalue weighted by Crippen LogP contribution is 2.41. The fourth-order valence-electron chi connectivity index (χ4n) is 6.80. The lowest BCUT2D eigenvalue weighted by atomic mass is 9.72. The summed E-state index contributed by atoms with van der Waals surface area (Å²) in [6.45, 7) is 9.01. The van der Waals surface area contributed by atoms with E-state index in [1.807, 2.05) is 19.1 Å². The van der Waals surface area contributed by atoms with Gasteiger partial charge in [0.15, 0.2) is 0 Å². The number of nitrogens with zero attached hydrogens (tertiary/aromatic N) is 4. The van der Waals surface area contributed by atoms with Crippen LogP contribution in [-0.2, 0) is 24.7 Å². The van der Waals surface area contributed by atoms with Gasteiger partial charge in [-0.3, -0.25) is 14.6 Å². The Hall–Kier alpha value is -4.72. The van der Waals surface area contributed by atoms with Crippen molar-refractivity contribution in [1.29, 1.82) is 0 Å². The van der Waals surface area contributed by atoms with Gasteiger partial charge in [-0.2, -0.15) is 0 Å². The minimum absolute atomic E-state index is 0.143. The smallest absolute Gasteiger partial charge is 0.410 e. The van der Waals surface area contributed by atoms with E-state index in [0.717, 1.165) is 5.56 Å². The van der Waals surface area contributed by atoms with Gasteiger partial charge in [0.2, 0.25) is 0 Å². The first-order valence-electron chi connectivity index (χ1n) is 17.5. The second-order valence-electron chi connectivity index (χ2n) is 15.1. The number of likely N-dealkylation sites (tertiary alicyclic amines) is 1. The number of ether oxygens (including phenoxy) is 2. The summed E-state index contributed by atoms with van der Waals surface area (Å²) >= 11 is 0. The summed E-state index contributed by atoms with van der Waals surface area (Å²) in [5.74, 6) is -1.43. The molecule has 2 aliphatic rings. The molecule has 5 rings (SSSR count). The number of carbonyl (C=O) groups excluding carboxylic acids is 2. The van der Waals surface area contributed by atoms with Crippen molar-refractivity contribution in [1.82, 2.24) is 19.9 Å². The zero-order valence-electron chi connectivity index (χ0n) is 30.2. The molecule has 1 aliphatic heterocycles. The summed E-state index contributed by atoms with van der Waals surface area (Å²) in [4.78, 5) is 52.7. The van der Waals surface area contributed by atoms with Crippen molar-refractivity contribution in [3.8, 4) is 11.3 Å². The molecule has 2 fully saturated rings. The van der Waals surface area contributed by atoms with Crippen LogP contribution in [0.25, 0.3) is 11.3 Å². The second-order valence-corrected chi connectivity index (χ2v) is 15.1. The number of carbonyl (C=O) groups is 3. The fraction of sp³-hybridized carbons (Fsp3) is 0.526. The number of aromatic nitrogens is 3. The van der Waals surface area contributed by atoms with Crippen molar-refractivity contribution >= 4 is 29.7 Å². The van der Waals surface area contributed by atoms with Crippen molar-refractivity contribution in [3.05, 3.63) is 65.6 Å². The molecule has 0 radical (unpaired) electrons. The van der Waals surface area contributed by atoms with E-state index in [9.17, 15) is 33.4 Å². The lowest BCUT2D eigenvalue weighted by molar-refractivity contribution is -0.166. The Bertz CT molecular complexity index is 1750. The Kier molecular flexibility index (Phi) is 11.5. The standard InChI is InChI=1S/C38H47F2N5O7/c1-23-18-28(43-31(19-23)44-30-20-25(32(39)40)12-15-41-30)26-8-11-29(42-21-26)37(5,50)27-9-6-24(7-10-27)33(46)51-22-38(34(47)48)13-16-45(17-14-38)35(49)52-36(2,3)4/h8,11-12,15,18-21,24,27,32,50H,6-7,9-10,13-14,16-17,22H2,1-5H3,(H,47,48)(H,41,43,44)/t24?,27?,37-/m1/s1. The van der Waals surface area contributed by atoms with Crippen molar-refractivity contribution in [2.24, 2.45) is 17.3 Å². The SMILES string of the molecule is Cc1cc(Nc2cc(C(F)F)ccn2)nc(-c2ccc([C@](C)(O)C3CCC(C(=O)OCC4(C(=O)O)CCN(C(=O)OC(C)(C)C)CC4)CC3)nc2)c1. The van der Waals surface area contributed by atoms with Crippen LogP contribution in [0.2, 0.25) is 0 Å². The zero-order valence-corrected chi connectivity index (χ0v) is 30.2. The number of hydrogen-bond donors (Lipinski definition) is 3. The average Bonchev–Trinajstić information content (AvgIpc) is 3.10. The molecule has 14 heteroatoms. The topological polar surface area (TPSA) is 164 Å². The maximum absolute atomic E-state index is 13.2. The quantitative estimate of drug-likeness (QED) is 0.181. The molecule has 1 amide bonds. The summed E-state index contributed by atoms with van der Waals surface area (Å²) in [5, 5.41) is 24.7. The van der Waals surface area contributed by atoms with Crippen LogP contribution >= 0.6 is 0 Å². The highest BCUT2D eigenvalue weighted by Gasteiger charge is 2.45. The van der Waals surface area contributed by atoms with Crippen LogP contribution in [0.5, 0.6) is 0 Å². The summed E-state index contributed by atoms with van der Waals surface area (Å²) in [6.07, 6.45) is 2.14. The van der Waals surface area contributed by atoms with Gasteiger partial charge in [0.1, 0.15) is 34.9 Å². The number of alkyl halides is 2. The molecule has 280 valence electrons. The Morgan fingerprint density at radius 2 is 1.69 bits per heavy atom. The fourth-order valence-corrected chi connectivity index (χ4v) is 6.80. The number of halogens is 2. The number of esters is 1. The highest BCUT2D eigenvalue weighted by atomic mass is 19.3. The molecule has 3 aromatic rings. The maximum Gasteiger partial charge on any atom is 0.410 e. The van der Waals surface area contributed by atoms with Crippen LogP contribution in [0.1, 0.15) is 89.5 Å². The van der Waals surface area contributed by atoms with Crippen LogP contribution in [-0.4, -0.2) is 73.4 Å². The molecule has 0 aromatic carbocycles. The number of carboxylic acid groups (broad SMARTS) is 1. The Balaban J connectivity index is 1.15. The monoisotopic (exact) mass is 723 g/mol. The maximum atomic E-state index is 13.2. The third-order valence-corrected chi connectivity index (χ3v) is 10.0. The number of rotatable bonds is 10. The Labute approximate surface area is 302 Å². The predicted octanol–water partition coefficient (Wildman–Crippen LogP) is 7.19. The average molecular weight is 724 g/mol. The second kappa shape index (κ2) is 15.5. The van der Waals surface area contributed by atoms with E-state index in [-0.39, 0.29) is 49.8 Å². The Morgan fingerprint density at radius 3 is 2.29 bits per heavy atom.